The predicted molar refractivity (Wildman–Crippen MR) is 115 cm³/mol. The minimum Gasteiger partial charge on any atom is -0.334 e. The van der Waals surface area contributed by atoms with E-state index in [1.807, 2.05) is 4.90 Å². The van der Waals surface area contributed by atoms with Crippen LogP contribution in [0.25, 0.3) is 0 Å². The van der Waals surface area contributed by atoms with E-state index in [0.717, 1.165) is 19.4 Å². The molecule has 2 heterocycles. The first-order valence-corrected chi connectivity index (χ1v) is 10.8. The molecule has 28 heavy (non-hydrogen) atoms. The number of para-hydroxylation sites is 1. The van der Waals surface area contributed by atoms with E-state index < -0.39 is 0 Å². The van der Waals surface area contributed by atoms with Crippen LogP contribution in [-0.2, 0) is 16.0 Å². The van der Waals surface area contributed by atoms with Crippen molar-refractivity contribution in [2.24, 2.45) is 0 Å². The molecule has 2 amide bonds. The lowest BCUT2D eigenvalue weighted by atomic mass is 9.98. The van der Waals surface area contributed by atoms with Crippen molar-refractivity contribution in [2.75, 3.05) is 32.0 Å². The fraction of sp³-hybridized carbons (Fsp3) is 0.400. The fourth-order valence-corrected chi connectivity index (χ4v) is 4.97. The molecular weight excluding hydrogens is 417 g/mol. The van der Waals surface area contributed by atoms with Gasteiger partial charge in [-0.15, -0.1) is 11.3 Å². The number of likely N-dealkylation sites (N-methyl/N-ethyl adjacent to an activating group) is 1. The average Bonchev–Trinajstić information content (AvgIpc) is 3.12. The summed E-state index contributed by atoms with van der Waals surface area (Å²) in [6, 6.07) is 7.28. The van der Waals surface area contributed by atoms with Gasteiger partial charge in [-0.05, 0) is 49.0 Å². The van der Waals surface area contributed by atoms with E-state index >= 15 is 0 Å². The lowest BCUT2D eigenvalue weighted by Gasteiger charge is -2.36. The highest BCUT2D eigenvalue weighted by Gasteiger charge is 2.30. The van der Waals surface area contributed by atoms with Crippen molar-refractivity contribution in [3.63, 3.8) is 0 Å². The molecule has 1 aromatic heterocycles. The van der Waals surface area contributed by atoms with Crippen LogP contribution < -0.4 is 5.32 Å². The van der Waals surface area contributed by atoms with Crippen LogP contribution in [0.15, 0.2) is 29.6 Å². The minimum atomic E-state index is -0.267. The van der Waals surface area contributed by atoms with Gasteiger partial charge in [-0.3, -0.25) is 14.5 Å². The van der Waals surface area contributed by atoms with Crippen LogP contribution in [0.1, 0.15) is 29.8 Å². The maximum atomic E-state index is 12.9. The number of fused-ring (bicyclic) bond motifs is 1. The Morgan fingerprint density at radius 3 is 2.64 bits per heavy atom. The first kappa shape index (κ1) is 21.1. The smallest absolute Gasteiger partial charge is 0.238 e. The number of carbonyl (C=O) groups excluding carboxylic acids is 2. The second-order valence-corrected chi connectivity index (χ2v) is 8.69. The second-order valence-electron chi connectivity index (χ2n) is 6.88. The number of carbonyl (C=O) groups is 2. The maximum Gasteiger partial charge on any atom is 0.238 e. The molecule has 1 aliphatic heterocycles. The van der Waals surface area contributed by atoms with E-state index in [0.29, 0.717) is 15.7 Å². The molecule has 3 rings (SSSR count). The number of anilines is 1. The molecule has 2 aromatic rings. The Kier molecular flexibility index (Phi) is 6.99. The van der Waals surface area contributed by atoms with Gasteiger partial charge >= 0.3 is 0 Å². The van der Waals surface area contributed by atoms with E-state index in [-0.39, 0.29) is 30.9 Å². The first-order valence-electron chi connectivity index (χ1n) is 9.18. The summed E-state index contributed by atoms with van der Waals surface area (Å²) in [5, 5.41) is 5.58. The molecule has 1 N–H and O–H groups in total. The van der Waals surface area contributed by atoms with Crippen LogP contribution in [0, 0.1) is 0 Å². The first-order chi connectivity index (χ1) is 13.4. The molecule has 0 saturated carbocycles. The Morgan fingerprint density at radius 1 is 1.25 bits per heavy atom. The van der Waals surface area contributed by atoms with E-state index in [1.165, 1.54) is 10.4 Å². The summed E-state index contributed by atoms with van der Waals surface area (Å²) in [6.45, 7) is 3.07. The standard InChI is InChI=1S/C20H23Cl2N3O2S/c1-3-16-13-8-10-28-17(13)7-9-25(16)19(27)12-24(2)11-18(26)23-20-14(21)5-4-6-15(20)22/h4-6,8,10,16H,3,7,9,11-12H2,1-2H3,(H,23,26). The third-order valence-electron chi connectivity index (χ3n) is 4.85. The van der Waals surface area contributed by atoms with Gasteiger partial charge in [0.1, 0.15) is 0 Å². The molecule has 5 nitrogen and oxygen atoms in total. The third-order valence-corrected chi connectivity index (χ3v) is 6.47. The van der Waals surface area contributed by atoms with Crippen molar-refractivity contribution in [3.05, 3.63) is 50.1 Å². The summed E-state index contributed by atoms with van der Waals surface area (Å²) in [4.78, 5) is 30.2. The summed E-state index contributed by atoms with van der Waals surface area (Å²) in [6.07, 6.45) is 1.77. The average molecular weight is 440 g/mol. The largest absolute Gasteiger partial charge is 0.334 e. The summed E-state index contributed by atoms with van der Waals surface area (Å²) in [7, 11) is 1.76. The summed E-state index contributed by atoms with van der Waals surface area (Å²) in [5.41, 5.74) is 1.66. The normalized spacial score (nSPS) is 16.2. The van der Waals surface area contributed by atoms with Crippen molar-refractivity contribution >= 4 is 52.0 Å². The summed E-state index contributed by atoms with van der Waals surface area (Å²) < 4.78 is 0. The Morgan fingerprint density at radius 2 is 1.96 bits per heavy atom. The van der Waals surface area contributed by atoms with Crippen LogP contribution >= 0.6 is 34.5 Å². The number of nitrogens with zero attached hydrogens (tertiary/aromatic N) is 2. The van der Waals surface area contributed by atoms with E-state index in [4.69, 9.17) is 23.2 Å². The van der Waals surface area contributed by atoms with Gasteiger partial charge in [0, 0.05) is 11.4 Å². The van der Waals surface area contributed by atoms with Crippen molar-refractivity contribution < 1.29 is 9.59 Å². The lowest BCUT2D eigenvalue weighted by molar-refractivity contribution is -0.135. The number of hydrogen-bond donors (Lipinski definition) is 1. The fourth-order valence-electron chi connectivity index (χ4n) is 3.55. The molecule has 1 aromatic carbocycles. The van der Waals surface area contributed by atoms with Crippen LogP contribution in [0.2, 0.25) is 10.0 Å². The molecule has 0 aliphatic carbocycles. The van der Waals surface area contributed by atoms with Gasteiger partial charge in [-0.25, -0.2) is 0 Å². The Bertz CT molecular complexity index is 851. The monoisotopic (exact) mass is 439 g/mol. The molecule has 1 unspecified atom stereocenters. The zero-order valence-electron chi connectivity index (χ0n) is 15.9. The highest BCUT2D eigenvalue weighted by Crippen LogP contribution is 2.35. The summed E-state index contributed by atoms with van der Waals surface area (Å²) in [5.74, 6) is -0.231. The van der Waals surface area contributed by atoms with E-state index in [1.54, 1.807) is 41.5 Å². The molecule has 8 heteroatoms. The quantitative estimate of drug-likeness (QED) is 0.722. The maximum absolute atomic E-state index is 12.9. The molecule has 1 atom stereocenters. The molecule has 0 bridgehead atoms. The number of halogens is 2. The van der Waals surface area contributed by atoms with Crippen LogP contribution in [-0.4, -0.2) is 48.3 Å². The number of hydrogen-bond acceptors (Lipinski definition) is 4. The van der Waals surface area contributed by atoms with Gasteiger partial charge in [0.05, 0.1) is 34.9 Å². The Labute approximate surface area is 179 Å². The van der Waals surface area contributed by atoms with Crippen molar-refractivity contribution in [1.29, 1.82) is 0 Å². The minimum absolute atomic E-state index is 0.0368. The van der Waals surface area contributed by atoms with Crippen LogP contribution in [0.3, 0.4) is 0 Å². The van der Waals surface area contributed by atoms with Crippen molar-refractivity contribution in [1.82, 2.24) is 9.80 Å². The lowest BCUT2D eigenvalue weighted by Crippen LogP contribution is -2.45. The molecule has 0 radical (unpaired) electrons. The summed E-state index contributed by atoms with van der Waals surface area (Å²) >= 11 is 13.9. The predicted octanol–water partition coefficient (Wildman–Crippen LogP) is 4.46. The van der Waals surface area contributed by atoms with Crippen molar-refractivity contribution in [3.8, 4) is 0 Å². The van der Waals surface area contributed by atoms with Crippen LogP contribution in [0.5, 0.6) is 0 Å². The number of nitrogens with one attached hydrogen (secondary N) is 1. The molecule has 150 valence electrons. The van der Waals surface area contributed by atoms with Crippen LogP contribution in [0.4, 0.5) is 5.69 Å². The van der Waals surface area contributed by atoms with Gasteiger partial charge in [0.25, 0.3) is 0 Å². The van der Waals surface area contributed by atoms with Gasteiger partial charge in [-0.2, -0.15) is 0 Å². The molecule has 1 aliphatic rings. The zero-order valence-corrected chi connectivity index (χ0v) is 18.2. The number of rotatable bonds is 6. The highest BCUT2D eigenvalue weighted by molar-refractivity contribution is 7.10. The molecule has 0 saturated heterocycles. The van der Waals surface area contributed by atoms with E-state index in [9.17, 15) is 9.59 Å². The molecule has 0 fully saturated rings. The van der Waals surface area contributed by atoms with Gasteiger partial charge in [0.15, 0.2) is 0 Å². The zero-order chi connectivity index (χ0) is 20.3. The SMILES string of the molecule is CCC1c2ccsc2CCN1C(=O)CN(C)CC(=O)Nc1c(Cl)cccc1Cl. The van der Waals surface area contributed by atoms with Gasteiger partial charge in [0.2, 0.25) is 11.8 Å². The Hall–Kier alpha value is -1.60. The van der Waals surface area contributed by atoms with Gasteiger partial charge in [-0.1, -0.05) is 36.2 Å². The van der Waals surface area contributed by atoms with Gasteiger partial charge < -0.3 is 10.2 Å². The Balaban J connectivity index is 1.58. The van der Waals surface area contributed by atoms with Crippen molar-refractivity contribution in [2.45, 2.75) is 25.8 Å². The number of thiophene rings is 1. The molecular formula is C20H23Cl2N3O2S. The second kappa shape index (κ2) is 9.27. The molecule has 0 spiro atoms. The topological polar surface area (TPSA) is 52.7 Å². The third kappa shape index (κ3) is 4.69. The van der Waals surface area contributed by atoms with E-state index in [2.05, 4.69) is 23.7 Å². The number of benzene rings is 1. The highest BCUT2D eigenvalue weighted by atomic mass is 35.5. The number of amides is 2.